The van der Waals surface area contributed by atoms with E-state index in [4.69, 9.17) is 5.73 Å². The lowest BCUT2D eigenvalue weighted by molar-refractivity contribution is 0.0984. The van der Waals surface area contributed by atoms with Crippen molar-refractivity contribution >= 4 is 17.3 Å². The van der Waals surface area contributed by atoms with Gasteiger partial charge in [0.15, 0.2) is 0 Å². The normalized spacial score (nSPS) is 13.4. The number of nitrogen functional groups attached to an aromatic ring is 1. The van der Waals surface area contributed by atoms with E-state index in [-0.39, 0.29) is 11.5 Å². The topological polar surface area (TPSA) is 79.2 Å². The number of fused-ring (bicyclic) bond motifs is 1. The van der Waals surface area contributed by atoms with Crippen molar-refractivity contribution in [1.29, 1.82) is 0 Å². The summed E-state index contributed by atoms with van der Waals surface area (Å²) in [7, 11) is 0. The van der Waals surface area contributed by atoms with Gasteiger partial charge in [-0.15, -0.1) is 0 Å². The van der Waals surface area contributed by atoms with Crippen molar-refractivity contribution in [3.05, 3.63) is 58.0 Å². The minimum atomic E-state index is -0.280. The number of carbonyl (C=O) groups is 1. The predicted molar refractivity (Wildman–Crippen MR) is 73.3 cm³/mol. The molecule has 0 bridgehead atoms. The van der Waals surface area contributed by atoms with E-state index in [1.807, 2.05) is 18.2 Å². The number of nitrogens with zero attached hydrogens (tertiary/aromatic N) is 1. The fraction of sp³-hybridized carbons (Fsp3) is 0.143. The van der Waals surface area contributed by atoms with Gasteiger partial charge in [-0.25, -0.2) is 0 Å². The van der Waals surface area contributed by atoms with Gasteiger partial charge in [-0.1, -0.05) is 12.1 Å². The number of anilines is 2. The lowest BCUT2D eigenvalue weighted by Crippen LogP contribution is -2.30. The highest BCUT2D eigenvalue weighted by Crippen LogP contribution is 2.32. The minimum Gasteiger partial charge on any atom is -0.398 e. The molecule has 1 amide bonds. The molecule has 3 N–H and O–H groups in total. The van der Waals surface area contributed by atoms with E-state index in [2.05, 4.69) is 4.98 Å². The number of H-pyrrole nitrogens is 1. The van der Waals surface area contributed by atoms with E-state index >= 15 is 0 Å². The summed E-state index contributed by atoms with van der Waals surface area (Å²) >= 11 is 0. The third-order valence-corrected chi connectivity index (χ3v) is 3.31. The molecular formula is C14H13N3O2. The second-order valence-corrected chi connectivity index (χ2v) is 4.48. The molecule has 0 aliphatic carbocycles. The minimum absolute atomic E-state index is 0.206. The average molecular weight is 255 g/mol. The van der Waals surface area contributed by atoms with Gasteiger partial charge in [0.25, 0.3) is 5.91 Å². The number of aromatic nitrogens is 1. The van der Waals surface area contributed by atoms with Crippen molar-refractivity contribution in [3.63, 3.8) is 0 Å². The Hall–Kier alpha value is -2.56. The first kappa shape index (κ1) is 11.5. The van der Waals surface area contributed by atoms with Crippen molar-refractivity contribution in [2.75, 3.05) is 17.2 Å². The zero-order valence-corrected chi connectivity index (χ0v) is 10.2. The third kappa shape index (κ3) is 1.89. The highest BCUT2D eigenvalue weighted by molar-refractivity contribution is 6.06. The van der Waals surface area contributed by atoms with Gasteiger partial charge in [0.1, 0.15) is 5.69 Å². The van der Waals surface area contributed by atoms with Crippen LogP contribution in [0.15, 0.2) is 41.2 Å². The summed E-state index contributed by atoms with van der Waals surface area (Å²) in [6.45, 7) is 0.583. The van der Waals surface area contributed by atoms with Gasteiger partial charge in [0.05, 0.1) is 0 Å². The number of rotatable bonds is 1. The molecule has 0 unspecified atom stereocenters. The van der Waals surface area contributed by atoms with Crippen LogP contribution in [-0.4, -0.2) is 17.4 Å². The van der Waals surface area contributed by atoms with Crippen molar-refractivity contribution < 1.29 is 4.79 Å². The standard InChI is InChI=1S/C14H13N3O2/c15-10-3-1-5-12-9(10)7-8-17(12)14(19)11-4-2-6-13(18)16-11/h1-6H,7-8,15H2,(H,16,18). The molecule has 0 atom stereocenters. The number of nitrogens with two attached hydrogens (primary N) is 1. The molecule has 2 aromatic rings. The van der Waals surface area contributed by atoms with Crippen LogP contribution in [0.5, 0.6) is 0 Å². The van der Waals surface area contributed by atoms with Gasteiger partial charge in [-0.05, 0) is 24.6 Å². The number of hydrogen-bond donors (Lipinski definition) is 2. The smallest absolute Gasteiger partial charge is 0.274 e. The number of amides is 1. The van der Waals surface area contributed by atoms with E-state index in [9.17, 15) is 9.59 Å². The van der Waals surface area contributed by atoms with Crippen LogP contribution in [-0.2, 0) is 6.42 Å². The lowest BCUT2D eigenvalue weighted by Gasteiger charge is -2.17. The van der Waals surface area contributed by atoms with Gasteiger partial charge < -0.3 is 15.6 Å². The highest BCUT2D eigenvalue weighted by atomic mass is 16.2. The van der Waals surface area contributed by atoms with E-state index in [1.54, 1.807) is 17.0 Å². The van der Waals surface area contributed by atoms with Crippen LogP contribution in [0, 0.1) is 0 Å². The van der Waals surface area contributed by atoms with Crippen molar-refractivity contribution in [2.45, 2.75) is 6.42 Å². The fourth-order valence-corrected chi connectivity index (χ4v) is 2.39. The van der Waals surface area contributed by atoms with Crippen LogP contribution in [0.2, 0.25) is 0 Å². The molecule has 96 valence electrons. The molecule has 5 nitrogen and oxygen atoms in total. The summed E-state index contributed by atoms with van der Waals surface area (Å²) in [6, 6.07) is 10.1. The summed E-state index contributed by atoms with van der Waals surface area (Å²) in [5.74, 6) is -0.206. The Bertz CT molecular complexity index is 706. The summed E-state index contributed by atoms with van der Waals surface area (Å²) in [5, 5.41) is 0. The molecular weight excluding hydrogens is 242 g/mol. The Labute approximate surface area is 109 Å². The molecule has 19 heavy (non-hydrogen) atoms. The molecule has 1 aromatic carbocycles. The maximum absolute atomic E-state index is 12.4. The van der Waals surface area contributed by atoms with Crippen LogP contribution in [0.1, 0.15) is 16.1 Å². The van der Waals surface area contributed by atoms with Crippen LogP contribution >= 0.6 is 0 Å². The summed E-state index contributed by atoms with van der Waals surface area (Å²) in [4.78, 5) is 27.9. The molecule has 0 radical (unpaired) electrons. The second-order valence-electron chi connectivity index (χ2n) is 4.48. The van der Waals surface area contributed by atoms with Crippen LogP contribution in [0.4, 0.5) is 11.4 Å². The number of nitrogens with one attached hydrogen (secondary N) is 1. The summed E-state index contributed by atoms with van der Waals surface area (Å²) in [6.07, 6.45) is 0.741. The fourth-order valence-electron chi connectivity index (χ4n) is 2.39. The Morgan fingerprint density at radius 3 is 2.79 bits per heavy atom. The Morgan fingerprint density at radius 1 is 1.21 bits per heavy atom. The van der Waals surface area contributed by atoms with Crippen LogP contribution in [0.3, 0.4) is 0 Å². The quantitative estimate of drug-likeness (QED) is 0.750. The van der Waals surface area contributed by atoms with E-state index in [1.165, 1.54) is 6.07 Å². The molecule has 3 rings (SSSR count). The molecule has 0 fully saturated rings. The molecule has 2 heterocycles. The Morgan fingerprint density at radius 2 is 2.00 bits per heavy atom. The van der Waals surface area contributed by atoms with Gasteiger partial charge >= 0.3 is 0 Å². The first-order valence-corrected chi connectivity index (χ1v) is 6.05. The molecule has 5 heteroatoms. The van der Waals surface area contributed by atoms with Crippen molar-refractivity contribution in [1.82, 2.24) is 4.98 Å². The Kier molecular flexibility index (Phi) is 2.59. The first-order chi connectivity index (χ1) is 9.16. The van der Waals surface area contributed by atoms with Gasteiger partial charge in [0, 0.05) is 29.5 Å². The van der Waals surface area contributed by atoms with Crippen molar-refractivity contribution in [3.8, 4) is 0 Å². The summed E-state index contributed by atoms with van der Waals surface area (Å²) < 4.78 is 0. The summed E-state index contributed by atoms with van der Waals surface area (Å²) in [5.41, 5.74) is 8.44. The molecule has 0 spiro atoms. The zero-order valence-electron chi connectivity index (χ0n) is 10.2. The van der Waals surface area contributed by atoms with Gasteiger partial charge in [0.2, 0.25) is 5.56 Å². The van der Waals surface area contributed by atoms with Crippen LogP contribution in [0.25, 0.3) is 0 Å². The zero-order chi connectivity index (χ0) is 13.4. The average Bonchev–Trinajstić information content (AvgIpc) is 2.83. The van der Waals surface area contributed by atoms with E-state index < -0.39 is 0 Å². The van der Waals surface area contributed by atoms with Crippen LogP contribution < -0.4 is 16.2 Å². The number of pyridine rings is 1. The molecule has 1 aromatic heterocycles. The largest absolute Gasteiger partial charge is 0.398 e. The van der Waals surface area contributed by atoms with Gasteiger partial charge in [-0.3, -0.25) is 9.59 Å². The van der Waals surface area contributed by atoms with Gasteiger partial charge in [-0.2, -0.15) is 0 Å². The molecule has 1 aliphatic heterocycles. The lowest BCUT2D eigenvalue weighted by atomic mass is 10.1. The molecule has 0 saturated carbocycles. The molecule has 0 saturated heterocycles. The number of benzene rings is 1. The second kappa shape index (κ2) is 4.28. The SMILES string of the molecule is Nc1cccc2c1CCN2C(=O)c1cccc(=O)[nH]1. The number of hydrogen-bond acceptors (Lipinski definition) is 3. The molecule has 1 aliphatic rings. The number of carbonyl (C=O) groups excluding carboxylic acids is 1. The maximum atomic E-state index is 12.4. The third-order valence-electron chi connectivity index (χ3n) is 3.31. The van der Waals surface area contributed by atoms with Crippen molar-refractivity contribution in [2.24, 2.45) is 0 Å². The number of aromatic amines is 1. The predicted octanol–water partition coefficient (Wildman–Crippen LogP) is 1.16. The highest BCUT2D eigenvalue weighted by Gasteiger charge is 2.27. The monoisotopic (exact) mass is 255 g/mol. The Balaban J connectivity index is 2.00. The first-order valence-electron chi connectivity index (χ1n) is 6.05. The van der Waals surface area contributed by atoms with E-state index in [0.717, 1.165) is 17.7 Å². The maximum Gasteiger partial charge on any atom is 0.274 e. The van der Waals surface area contributed by atoms with E-state index in [0.29, 0.717) is 17.9 Å².